The van der Waals surface area contributed by atoms with Gasteiger partial charge in [-0.05, 0) is 24.6 Å². The molecule has 1 aliphatic rings. The SMILES string of the molecule is CCOC(=O)C1=C(c2ccccc2)N=c2s/c(=C\c3c[nH]c4ccccc34)c(=O)n2C1c1ccccc1. The highest BCUT2D eigenvalue weighted by atomic mass is 32.1. The molecule has 0 radical (unpaired) electrons. The van der Waals surface area contributed by atoms with Crippen LogP contribution in [0.2, 0.25) is 0 Å². The summed E-state index contributed by atoms with van der Waals surface area (Å²) in [7, 11) is 0. The summed E-state index contributed by atoms with van der Waals surface area (Å²) in [4.78, 5) is 36.0. The number of nitrogens with one attached hydrogen (secondary N) is 1. The number of para-hydroxylation sites is 1. The summed E-state index contributed by atoms with van der Waals surface area (Å²) < 4.78 is 7.67. The van der Waals surface area contributed by atoms with Crippen LogP contribution in [0.3, 0.4) is 0 Å². The lowest BCUT2D eigenvalue weighted by atomic mass is 9.93. The van der Waals surface area contributed by atoms with Crippen molar-refractivity contribution in [1.82, 2.24) is 9.55 Å². The number of fused-ring (bicyclic) bond motifs is 2. The Morgan fingerprint density at radius 2 is 1.73 bits per heavy atom. The highest BCUT2D eigenvalue weighted by Crippen LogP contribution is 2.35. The first kappa shape index (κ1) is 22.9. The van der Waals surface area contributed by atoms with Crippen molar-refractivity contribution in [2.75, 3.05) is 6.61 Å². The molecular weight excluding hydrogens is 482 g/mol. The van der Waals surface area contributed by atoms with Crippen LogP contribution in [0.4, 0.5) is 0 Å². The van der Waals surface area contributed by atoms with Crippen molar-refractivity contribution in [3.63, 3.8) is 0 Å². The van der Waals surface area contributed by atoms with Gasteiger partial charge in [0.15, 0.2) is 4.80 Å². The van der Waals surface area contributed by atoms with E-state index in [2.05, 4.69) is 4.98 Å². The zero-order valence-corrected chi connectivity index (χ0v) is 20.9. The van der Waals surface area contributed by atoms with E-state index >= 15 is 0 Å². The summed E-state index contributed by atoms with van der Waals surface area (Å²) in [5, 5.41) is 1.03. The standard InChI is InChI=1S/C30H23N3O3S/c1-2-36-29(35)25-26(19-11-5-3-6-12-19)32-30-33(27(25)20-13-7-4-8-14-20)28(34)24(37-30)17-21-18-31-23-16-10-9-15-22(21)23/h3-18,27,31H,2H2,1H3/b24-17-. The van der Waals surface area contributed by atoms with Gasteiger partial charge in [-0.3, -0.25) is 9.36 Å². The zero-order chi connectivity index (χ0) is 25.4. The molecule has 182 valence electrons. The van der Waals surface area contributed by atoms with Gasteiger partial charge in [-0.15, -0.1) is 0 Å². The smallest absolute Gasteiger partial charge is 0.338 e. The molecule has 0 bridgehead atoms. The Hall–Kier alpha value is -4.49. The summed E-state index contributed by atoms with van der Waals surface area (Å²) in [6.45, 7) is 1.99. The van der Waals surface area contributed by atoms with Crippen LogP contribution in [0.1, 0.15) is 29.7 Å². The molecule has 5 aromatic rings. The highest BCUT2D eigenvalue weighted by molar-refractivity contribution is 7.07. The fourth-order valence-corrected chi connectivity index (χ4v) is 5.74. The number of thiazole rings is 1. The van der Waals surface area contributed by atoms with Crippen LogP contribution in [0.5, 0.6) is 0 Å². The number of aromatic amines is 1. The van der Waals surface area contributed by atoms with E-state index in [1.807, 2.05) is 97.2 Å². The summed E-state index contributed by atoms with van der Waals surface area (Å²) >= 11 is 1.32. The van der Waals surface area contributed by atoms with Gasteiger partial charge in [0.25, 0.3) is 5.56 Å². The molecule has 0 fully saturated rings. The van der Waals surface area contributed by atoms with Crippen LogP contribution in [-0.4, -0.2) is 22.1 Å². The molecule has 0 spiro atoms. The number of hydrogen-bond donors (Lipinski definition) is 1. The van der Waals surface area contributed by atoms with Crippen LogP contribution in [0.15, 0.2) is 106 Å². The minimum atomic E-state index is -0.670. The van der Waals surface area contributed by atoms with Crippen molar-refractivity contribution in [3.05, 3.63) is 133 Å². The number of H-pyrrole nitrogens is 1. The average Bonchev–Trinajstić information content (AvgIpc) is 3.49. The molecule has 1 atom stereocenters. The molecule has 7 heteroatoms. The number of benzene rings is 3. The molecule has 6 rings (SSSR count). The van der Waals surface area contributed by atoms with Crippen LogP contribution < -0.4 is 14.9 Å². The predicted octanol–water partition coefficient (Wildman–Crippen LogP) is 4.42. The number of aromatic nitrogens is 2. The maximum absolute atomic E-state index is 13.9. The number of hydrogen-bond acceptors (Lipinski definition) is 5. The number of rotatable bonds is 5. The molecule has 2 aromatic heterocycles. The Bertz CT molecular complexity index is 1830. The normalized spacial score (nSPS) is 15.5. The monoisotopic (exact) mass is 505 g/mol. The van der Waals surface area contributed by atoms with Crippen LogP contribution in [0, 0.1) is 0 Å². The molecule has 37 heavy (non-hydrogen) atoms. The van der Waals surface area contributed by atoms with E-state index in [9.17, 15) is 9.59 Å². The van der Waals surface area contributed by atoms with Gasteiger partial charge in [-0.1, -0.05) is 90.2 Å². The van der Waals surface area contributed by atoms with E-state index in [-0.39, 0.29) is 12.2 Å². The van der Waals surface area contributed by atoms with E-state index in [0.29, 0.717) is 20.6 Å². The molecule has 3 heterocycles. The third kappa shape index (κ3) is 4.03. The predicted molar refractivity (Wildman–Crippen MR) is 146 cm³/mol. The van der Waals surface area contributed by atoms with Crippen molar-refractivity contribution >= 4 is 40.0 Å². The Balaban J connectivity index is 1.65. The molecule has 0 saturated carbocycles. The molecule has 0 aliphatic carbocycles. The Labute approximate surface area is 216 Å². The third-order valence-corrected chi connectivity index (χ3v) is 7.38. The molecule has 1 unspecified atom stereocenters. The summed E-state index contributed by atoms with van der Waals surface area (Å²) in [5.74, 6) is -0.482. The third-order valence-electron chi connectivity index (χ3n) is 6.40. The Kier molecular flexibility index (Phi) is 5.90. The van der Waals surface area contributed by atoms with Crippen molar-refractivity contribution in [2.24, 2.45) is 4.99 Å². The number of ether oxygens (including phenoxy) is 1. The molecular formula is C30H23N3O3S. The largest absolute Gasteiger partial charge is 0.463 e. The Morgan fingerprint density at radius 1 is 1.03 bits per heavy atom. The van der Waals surface area contributed by atoms with Crippen LogP contribution >= 0.6 is 11.3 Å². The molecule has 1 N–H and O–H groups in total. The fourth-order valence-electron chi connectivity index (χ4n) is 4.75. The quantitative estimate of drug-likeness (QED) is 0.360. The van der Waals surface area contributed by atoms with Crippen LogP contribution in [-0.2, 0) is 9.53 Å². The van der Waals surface area contributed by atoms with Crippen molar-refractivity contribution in [2.45, 2.75) is 13.0 Å². The van der Waals surface area contributed by atoms with E-state index < -0.39 is 12.0 Å². The lowest BCUT2D eigenvalue weighted by Gasteiger charge is -2.25. The second kappa shape index (κ2) is 9.52. The van der Waals surface area contributed by atoms with E-state index in [4.69, 9.17) is 9.73 Å². The summed E-state index contributed by atoms with van der Waals surface area (Å²) in [6.07, 6.45) is 3.79. The van der Waals surface area contributed by atoms with Gasteiger partial charge in [0.05, 0.1) is 28.5 Å². The van der Waals surface area contributed by atoms with Crippen molar-refractivity contribution in [3.8, 4) is 0 Å². The number of esters is 1. The van der Waals surface area contributed by atoms with Crippen molar-refractivity contribution in [1.29, 1.82) is 0 Å². The number of nitrogens with zero attached hydrogens (tertiary/aromatic N) is 2. The van der Waals surface area contributed by atoms with E-state index in [1.54, 1.807) is 11.5 Å². The second-order valence-electron chi connectivity index (χ2n) is 8.63. The number of carbonyl (C=O) groups is 1. The van der Waals surface area contributed by atoms with Gasteiger partial charge in [-0.25, -0.2) is 9.79 Å². The second-order valence-corrected chi connectivity index (χ2v) is 9.64. The minimum Gasteiger partial charge on any atom is -0.463 e. The molecule has 0 amide bonds. The van der Waals surface area contributed by atoms with Gasteiger partial charge >= 0.3 is 5.97 Å². The lowest BCUT2D eigenvalue weighted by Crippen LogP contribution is -2.39. The fraction of sp³-hybridized carbons (Fsp3) is 0.100. The highest BCUT2D eigenvalue weighted by Gasteiger charge is 2.35. The maximum atomic E-state index is 13.9. The number of carbonyl (C=O) groups excluding carboxylic acids is 1. The molecule has 1 aliphatic heterocycles. The summed E-state index contributed by atoms with van der Waals surface area (Å²) in [6, 6.07) is 26.4. The molecule has 6 nitrogen and oxygen atoms in total. The van der Waals surface area contributed by atoms with Gasteiger partial charge in [-0.2, -0.15) is 0 Å². The molecule has 3 aromatic carbocycles. The van der Waals surface area contributed by atoms with Crippen LogP contribution in [0.25, 0.3) is 22.7 Å². The summed E-state index contributed by atoms with van der Waals surface area (Å²) in [5.41, 5.74) is 4.20. The topological polar surface area (TPSA) is 76.4 Å². The van der Waals surface area contributed by atoms with Gasteiger partial charge in [0.1, 0.15) is 0 Å². The van der Waals surface area contributed by atoms with E-state index in [1.165, 1.54) is 11.3 Å². The average molecular weight is 506 g/mol. The van der Waals surface area contributed by atoms with Crippen molar-refractivity contribution < 1.29 is 9.53 Å². The minimum absolute atomic E-state index is 0.197. The van der Waals surface area contributed by atoms with E-state index in [0.717, 1.165) is 27.6 Å². The first-order chi connectivity index (χ1) is 18.2. The lowest BCUT2D eigenvalue weighted by molar-refractivity contribution is -0.138. The molecule has 0 saturated heterocycles. The van der Waals surface area contributed by atoms with Gasteiger partial charge < -0.3 is 9.72 Å². The van der Waals surface area contributed by atoms with Gasteiger partial charge in [0, 0.05) is 28.2 Å². The maximum Gasteiger partial charge on any atom is 0.338 e. The Morgan fingerprint density at radius 3 is 2.49 bits per heavy atom. The zero-order valence-electron chi connectivity index (χ0n) is 20.0. The first-order valence-corrected chi connectivity index (χ1v) is 12.9. The first-order valence-electron chi connectivity index (χ1n) is 12.0. The van der Waals surface area contributed by atoms with Gasteiger partial charge in [0.2, 0.25) is 0 Å².